The fourth-order valence-corrected chi connectivity index (χ4v) is 3.26. The molecule has 0 aromatic heterocycles. The molecule has 22 heavy (non-hydrogen) atoms. The minimum Gasteiger partial charge on any atom is -0.401 e. The van der Waals surface area contributed by atoms with E-state index in [4.69, 9.17) is 17.3 Å². The molecule has 1 aromatic carbocycles. The fourth-order valence-electron chi connectivity index (χ4n) is 2.91. The van der Waals surface area contributed by atoms with E-state index in [0.717, 1.165) is 24.0 Å². The molecule has 1 aromatic rings. The highest BCUT2D eigenvalue weighted by atomic mass is 35.5. The zero-order chi connectivity index (χ0) is 16.1. The molecule has 0 spiro atoms. The van der Waals surface area contributed by atoms with Crippen LogP contribution in [0.15, 0.2) is 57.2 Å². The number of aliphatic imine (C=N–C) groups is 1. The molecule has 0 heterocycles. The maximum Gasteiger partial charge on any atom is 0.147 e. The summed E-state index contributed by atoms with van der Waals surface area (Å²) in [5.74, 6) is 0.111. The predicted octanol–water partition coefficient (Wildman–Crippen LogP) is 3.95. The van der Waals surface area contributed by atoms with Gasteiger partial charge in [0.05, 0.1) is 10.7 Å². The van der Waals surface area contributed by atoms with Crippen molar-refractivity contribution in [3.63, 3.8) is 0 Å². The first kappa shape index (κ1) is 16.5. The van der Waals surface area contributed by atoms with E-state index < -0.39 is 0 Å². The van der Waals surface area contributed by atoms with Crippen molar-refractivity contribution in [3.05, 3.63) is 57.8 Å². The van der Waals surface area contributed by atoms with Crippen LogP contribution in [0.1, 0.15) is 37.7 Å². The quantitative estimate of drug-likeness (QED) is 0.660. The van der Waals surface area contributed by atoms with Gasteiger partial charge in [-0.1, -0.05) is 48.9 Å². The molecule has 0 saturated heterocycles. The van der Waals surface area contributed by atoms with Crippen LogP contribution in [0.4, 0.5) is 0 Å². The molecular formula is C18H21ClN2O. The van der Waals surface area contributed by atoms with E-state index in [2.05, 4.69) is 24.0 Å². The van der Waals surface area contributed by atoms with E-state index in [-0.39, 0.29) is 5.92 Å². The lowest BCUT2D eigenvalue weighted by Crippen LogP contribution is -2.22. The Morgan fingerprint density at radius 1 is 1.36 bits per heavy atom. The summed E-state index contributed by atoms with van der Waals surface area (Å²) in [6.07, 6.45) is 2.94. The summed E-state index contributed by atoms with van der Waals surface area (Å²) in [4.78, 5) is 15.7. The van der Waals surface area contributed by atoms with Crippen LogP contribution in [0.2, 0.25) is 0 Å². The van der Waals surface area contributed by atoms with Gasteiger partial charge in [-0.05, 0) is 24.8 Å². The van der Waals surface area contributed by atoms with Crippen molar-refractivity contribution < 1.29 is 4.79 Å². The highest BCUT2D eigenvalue weighted by Crippen LogP contribution is 2.36. The monoisotopic (exact) mass is 316 g/mol. The molecule has 1 atom stereocenters. The van der Waals surface area contributed by atoms with Crippen molar-refractivity contribution in [2.45, 2.75) is 32.1 Å². The lowest BCUT2D eigenvalue weighted by Gasteiger charge is -2.25. The van der Waals surface area contributed by atoms with Crippen LogP contribution in [-0.4, -0.2) is 19.0 Å². The molecule has 0 bridgehead atoms. The third-order valence-corrected chi connectivity index (χ3v) is 4.50. The second kappa shape index (κ2) is 7.41. The first-order chi connectivity index (χ1) is 10.6. The molecule has 2 rings (SSSR count). The predicted molar refractivity (Wildman–Crippen MR) is 92.2 cm³/mol. The summed E-state index contributed by atoms with van der Waals surface area (Å²) in [6, 6.07) is 10.2. The first-order valence-electron chi connectivity index (χ1n) is 7.48. The van der Waals surface area contributed by atoms with Gasteiger partial charge in [0.25, 0.3) is 0 Å². The molecule has 0 amide bonds. The van der Waals surface area contributed by atoms with Crippen molar-refractivity contribution in [1.82, 2.24) is 0 Å². The zero-order valence-corrected chi connectivity index (χ0v) is 13.7. The van der Waals surface area contributed by atoms with Gasteiger partial charge >= 0.3 is 0 Å². The maximum atomic E-state index is 11.2. The Balaban J connectivity index is 2.52. The summed E-state index contributed by atoms with van der Waals surface area (Å²) in [7, 11) is 1.75. The van der Waals surface area contributed by atoms with Crippen LogP contribution >= 0.6 is 11.6 Å². The van der Waals surface area contributed by atoms with E-state index in [1.165, 1.54) is 5.56 Å². The van der Waals surface area contributed by atoms with Gasteiger partial charge in [-0.2, -0.15) is 0 Å². The van der Waals surface area contributed by atoms with Crippen LogP contribution in [0.25, 0.3) is 0 Å². The topological polar surface area (TPSA) is 55.4 Å². The second-order valence-electron chi connectivity index (χ2n) is 5.34. The van der Waals surface area contributed by atoms with Gasteiger partial charge in [-0.3, -0.25) is 9.79 Å². The van der Waals surface area contributed by atoms with Gasteiger partial charge in [0.15, 0.2) is 0 Å². The summed E-state index contributed by atoms with van der Waals surface area (Å²) in [5, 5.41) is 0.453. The van der Waals surface area contributed by atoms with Gasteiger partial charge in [-0.15, -0.1) is 0 Å². The fraction of sp³-hybridized carbons (Fsp3) is 0.333. The Labute approximate surface area is 136 Å². The molecule has 0 radical (unpaired) electrons. The van der Waals surface area contributed by atoms with E-state index in [0.29, 0.717) is 29.1 Å². The number of nitrogens with zero attached hydrogens (tertiary/aromatic N) is 1. The largest absolute Gasteiger partial charge is 0.401 e. The van der Waals surface area contributed by atoms with Crippen LogP contribution in [0.5, 0.6) is 0 Å². The molecule has 1 unspecified atom stereocenters. The maximum absolute atomic E-state index is 11.2. The van der Waals surface area contributed by atoms with Gasteiger partial charge < -0.3 is 5.73 Å². The number of benzene rings is 1. The highest BCUT2D eigenvalue weighted by Gasteiger charge is 2.27. The number of nitrogens with two attached hydrogens (primary N) is 1. The van der Waals surface area contributed by atoms with Crippen molar-refractivity contribution in [2.75, 3.05) is 7.05 Å². The minimum atomic E-state index is 0.111. The van der Waals surface area contributed by atoms with Gasteiger partial charge in [0, 0.05) is 29.8 Å². The van der Waals surface area contributed by atoms with Crippen LogP contribution < -0.4 is 5.73 Å². The lowest BCUT2D eigenvalue weighted by molar-refractivity contribution is -0.105. The summed E-state index contributed by atoms with van der Waals surface area (Å²) < 4.78 is 0. The highest BCUT2D eigenvalue weighted by molar-refractivity contribution is 6.38. The van der Waals surface area contributed by atoms with E-state index in [9.17, 15) is 4.79 Å². The average Bonchev–Trinajstić information content (AvgIpc) is 2.55. The second-order valence-corrected chi connectivity index (χ2v) is 5.72. The SMILES string of the molecule is CCC(C(=NC)C1=C(N)CCC(C=O)=C1Cl)c1ccccc1. The lowest BCUT2D eigenvalue weighted by atomic mass is 9.83. The van der Waals surface area contributed by atoms with Crippen molar-refractivity contribution in [3.8, 4) is 0 Å². The summed E-state index contributed by atoms with van der Waals surface area (Å²) in [5.41, 5.74) is 10.3. The number of carbonyl (C=O) groups excluding carboxylic acids is 1. The summed E-state index contributed by atoms with van der Waals surface area (Å²) >= 11 is 6.44. The smallest absolute Gasteiger partial charge is 0.147 e. The van der Waals surface area contributed by atoms with E-state index in [1.807, 2.05) is 18.2 Å². The molecule has 1 aliphatic rings. The minimum absolute atomic E-state index is 0.111. The van der Waals surface area contributed by atoms with Gasteiger partial charge in [0.1, 0.15) is 6.29 Å². The zero-order valence-electron chi connectivity index (χ0n) is 13.0. The van der Waals surface area contributed by atoms with Crippen LogP contribution in [0.3, 0.4) is 0 Å². The Kier molecular flexibility index (Phi) is 5.56. The van der Waals surface area contributed by atoms with Gasteiger partial charge in [-0.25, -0.2) is 0 Å². The van der Waals surface area contributed by atoms with E-state index >= 15 is 0 Å². The normalized spacial score (nSPS) is 17.7. The molecule has 4 heteroatoms. The molecule has 0 aliphatic heterocycles. The van der Waals surface area contributed by atoms with Crippen LogP contribution in [-0.2, 0) is 4.79 Å². The molecule has 2 N–H and O–H groups in total. The van der Waals surface area contributed by atoms with Crippen molar-refractivity contribution in [1.29, 1.82) is 0 Å². The number of halogens is 1. The molecule has 0 saturated carbocycles. The Hall–Kier alpha value is -1.87. The molecular weight excluding hydrogens is 296 g/mol. The molecule has 116 valence electrons. The summed E-state index contributed by atoms with van der Waals surface area (Å²) in [6.45, 7) is 2.11. The van der Waals surface area contributed by atoms with Crippen LogP contribution in [0, 0.1) is 0 Å². The molecule has 1 aliphatic carbocycles. The number of carbonyl (C=O) groups is 1. The number of hydrogen-bond acceptors (Lipinski definition) is 3. The number of hydrogen-bond donors (Lipinski definition) is 1. The molecule has 0 fully saturated rings. The van der Waals surface area contributed by atoms with E-state index in [1.54, 1.807) is 7.05 Å². The van der Waals surface area contributed by atoms with Gasteiger partial charge in [0.2, 0.25) is 0 Å². The Bertz CT molecular complexity index is 644. The molecule has 3 nitrogen and oxygen atoms in total. The number of aldehydes is 1. The first-order valence-corrected chi connectivity index (χ1v) is 7.86. The standard InChI is InChI=1S/C18H21ClN2O/c1-3-14(12-7-5-4-6-8-12)18(21-2)16-15(20)10-9-13(11-22)17(16)19/h4-8,11,14H,3,9-10,20H2,1-2H3. The third-order valence-electron chi connectivity index (χ3n) is 4.07. The average molecular weight is 317 g/mol. The Morgan fingerprint density at radius 2 is 2.05 bits per heavy atom. The number of allylic oxidation sites excluding steroid dienone is 4. The Morgan fingerprint density at radius 3 is 2.59 bits per heavy atom. The van der Waals surface area contributed by atoms with Crippen molar-refractivity contribution >= 4 is 23.6 Å². The van der Waals surface area contributed by atoms with Crippen molar-refractivity contribution in [2.24, 2.45) is 10.7 Å². The third kappa shape index (κ3) is 3.14. The number of rotatable bonds is 5.